The Morgan fingerprint density at radius 3 is 2.96 bits per heavy atom. The molecule has 0 saturated heterocycles. The second-order valence-corrected chi connectivity index (χ2v) is 5.92. The smallest absolute Gasteiger partial charge is 0.196 e. The maximum atomic E-state index is 7.73. The summed E-state index contributed by atoms with van der Waals surface area (Å²) in [5.41, 5.74) is 5.01. The molecule has 1 aromatic carbocycles. The summed E-state index contributed by atoms with van der Waals surface area (Å²) >= 11 is 0. The molecule has 0 bridgehead atoms. The predicted molar refractivity (Wildman–Crippen MR) is 82.2 cm³/mol. The van der Waals surface area contributed by atoms with Gasteiger partial charge in [0.15, 0.2) is 5.70 Å². The molecule has 1 fully saturated rings. The fraction of sp³-hybridized carbons (Fsp3) is 0.250. The van der Waals surface area contributed by atoms with E-state index in [9.17, 15) is 0 Å². The summed E-state index contributed by atoms with van der Waals surface area (Å²) in [6.07, 6.45) is 4.01. The highest BCUT2D eigenvalue weighted by molar-refractivity contribution is 5.80. The third-order valence-corrected chi connectivity index (χ3v) is 4.52. The Morgan fingerprint density at radius 2 is 2.13 bits per heavy atom. The Morgan fingerprint density at radius 1 is 1.22 bits per heavy atom. The van der Waals surface area contributed by atoms with E-state index >= 15 is 0 Å². The van der Waals surface area contributed by atoms with Crippen LogP contribution in [-0.2, 0) is 0 Å². The molecule has 2 aliphatic rings. The summed E-state index contributed by atoms with van der Waals surface area (Å²) in [5, 5.41) is 18.5. The summed E-state index contributed by atoms with van der Waals surface area (Å²) in [6.45, 7) is 7.73. The normalized spacial score (nSPS) is 20.2. The number of anilines is 1. The minimum absolute atomic E-state index is 0.200. The number of benzene rings is 1. The van der Waals surface area contributed by atoms with Gasteiger partial charge in [0.1, 0.15) is 16.9 Å². The highest BCUT2D eigenvalue weighted by atomic mass is 16.6. The van der Waals surface area contributed by atoms with Gasteiger partial charge in [-0.25, -0.2) is 9.47 Å². The minimum atomic E-state index is -0.200. The largest absolute Gasteiger partial charge is 0.354 e. The Hall–Kier alpha value is -3.14. The molecule has 3 heterocycles. The number of nitrogens with zero attached hydrogens (tertiary/aromatic N) is 4. The molecule has 2 N–H and O–H groups in total. The van der Waals surface area contributed by atoms with Crippen LogP contribution in [0, 0.1) is 12.5 Å². The standard InChI is InChI=1S/C16H12N6O/c1-17-15-12(9-3-2-4-11-14(9)22-23-21-11)10-7-18-20-16(10)19-13(15)8-5-6-8/h2-4,7-8,12H,5-6H2,(H2,18,19,20). The molecule has 7 nitrogen and oxygen atoms in total. The third kappa shape index (κ3) is 1.72. The Balaban J connectivity index is 1.80. The second kappa shape index (κ2) is 4.43. The van der Waals surface area contributed by atoms with Crippen LogP contribution < -0.4 is 5.32 Å². The highest BCUT2D eigenvalue weighted by Gasteiger charge is 2.38. The number of aromatic amines is 1. The van der Waals surface area contributed by atoms with Crippen molar-refractivity contribution in [3.8, 4) is 0 Å². The first kappa shape index (κ1) is 12.4. The van der Waals surface area contributed by atoms with E-state index in [0.717, 1.165) is 41.2 Å². The van der Waals surface area contributed by atoms with E-state index in [1.807, 2.05) is 18.2 Å². The maximum Gasteiger partial charge on any atom is 0.196 e. The molecule has 1 aliphatic carbocycles. The van der Waals surface area contributed by atoms with Crippen LogP contribution >= 0.6 is 0 Å². The van der Waals surface area contributed by atoms with Crippen LogP contribution in [0.15, 0.2) is 40.4 Å². The fourth-order valence-corrected chi connectivity index (χ4v) is 3.30. The lowest BCUT2D eigenvalue weighted by Crippen LogP contribution is -2.18. The zero-order chi connectivity index (χ0) is 15.4. The van der Waals surface area contributed by atoms with E-state index in [-0.39, 0.29) is 5.92 Å². The molecule has 0 radical (unpaired) electrons. The SMILES string of the molecule is [C-]#[N+]C1=C(C2CC2)Nc2[nH]ncc2C1c1cccc2nonc12. The van der Waals surface area contributed by atoms with Crippen molar-refractivity contribution in [3.63, 3.8) is 0 Å². The van der Waals surface area contributed by atoms with Gasteiger partial charge in [-0.1, -0.05) is 12.1 Å². The van der Waals surface area contributed by atoms with Crippen molar-refractivity contribution >= 4 is 16.9 Å². The average molecular weight is 304 g/mol. The van der Waals surface area contributed by atoms with Crippen molar-refractivity contribution in [3.05, 3.63) is 58.3 Å². The molecule has 5 rings (SSSR count). The molecule has 1 atom stereocenters. The first-order valence-corrected chi connectivity index (χ1v) is 7.50. The van der Waals surface area contributed by atoms with Gasteiger partial charge in [0.2, 0.25) is 0 Å². The van der Waals surface area contributed by atoms with Gasteiger partial charge >= 0.3 is 0 Å². The number of rotatable bonds is 2. The lowest BCUT2D eigenvalue weighted by molar-refractivity contribution is 0.315. The summed E-state index contributed by atoms with van der Waals surface area (Å²) in [6, 6.07) is 5.76. The van der Waals surface area contributed by atoms with E-state index in [4.69, 9.17) is 11.2 Å². The van der Waals surface area contributed by atoms with Gasteiger partial charge in [-0.2, -0.15) is 5.10 Å². The highest BCUT2D eigenvalue weighted by Crippen LogP contribution is 2.48. The summed E-state index contributed by atoms with van der Waals surface area (Å²) in [7, 11) is 0. The topological polar surface area (TPSA) is 84.0 Å². The average Bonchev–Trinajstić information content (AvgIpc) is 3.12. The van der Waals surface area contributed by atoms with E-state index in [1.54, 1.807) is 6.20 Å². The van der Waals surface area contributed by atoms with Gasteiger partial charge in [-0.3, -0.25) is 5.10 Å². The minimum Gasteiger partial charge on any atom is -0.354 e. The molecule has 23 heavy (non-hydrogen) atoms. The van der Waals surface area contributed by atoms with Gasteiger partial charge in [-0.05, 0) is 40.7 Å². The number of hydrogen-bond acceptors (Lipinski definition) is 5. The summed E-state index contributed by atoms with van der Waals surface area (Å²) in [4.78, 5) is 3.86. The third-order valence-electron chi connectivity index (χ3n) is 4.52. The van der Waals surface area contributed by atoms with Crippen LogP contribution in [0.5, 0.6) is 0 Å². The quantitative estimate of drug-likeness (QED) is 0.711. The number of fused-ring (bicyclic) bond motifs is 2. The lowest BCUT2D eigenvalue weighted by atomic mass is 9.85. The van der Waals surface area contributed by atoms with Gasteiger partial charge < -0.3 is 5.32 Å². The Kier molecular flexibility index (Phi) is 2.39. The van der Waals surface area contributed by atoms with Crippen molar-refractivity contribution in [1.29, 1.82) is 0 Å². The zero-order valence-corrected chi connectivity index (χ0v) is 12.1. The molecule has 0 spiro atoms. The van der Waals surface area contributed by atoms with Crippen LogP contribution in [0.1, 0.15) is 29.9 Å². The monoisotopic (exact) mass is 304 g/mol. The van der Waals surface area contributed by atoms with Crippen molar-refractivity contribution in [1.82, 2.24) is 20.5 Å². The van der Waals surface area contributed by atoms with E-state index in [1.165, 1.54) is 0 Å². The van der Waals surface area contributed by atoms with Gasteiger partial charge in [0.05, 0.1) is 18.7 Å². The Labute approximate surface area is 131 Å². The number of aromatic nitrogens is 4. The predicted octanol–water partition coefficient (Wildman–Crippen LogP) is 3.04. The lowest BCUT2D eigenvalue weighted by Gasteiger charge is -2.26. The maximum absolute atomic E-state index is 7.73. The van der Waals surface area contributed by atoms with E-state index in [0.29, 0.717) is 17.0 Å². The summed E-state index contributed by atoms with van der Waals surface area (Å²) in [5.74, 6) is 1.10. The van der Waals surface area contributed by atoms with Gasteiger partial charge in [0.25, 0.3) is 0 Å². The second-order valence-electron chi connectivity index (χ2n) is 5.92. The molecule has 2 aromatic heterocycles. The summed E-state index contributed by atoms with van der Waals surface area (Å²) < 4.78 is 4.89. The number of hydrogen-bond donors (Lipinski definition) is 2. The molecule has 1 unspecified atom stereocenters. The molecule has 112 valence electrons. The van der Waals surface area contributed by atoms with Crippen LogP contribution in [0.3, 0.4) is 0 Å². The van der Waals surface area contributed by atoms with Crippen LogP contribution in [0.2, 0.25) is 0 Å². The van der Waals surface area contributed by atoms with Crippen LogP contribution in [0.4, 0.5) is 5.82 Å². The zero-order valence-electron chi connectivity index (χ0n) is 12.1. The molecular formula is C16H12N6O. The molecule has 3 aromatic rings. The van der Waals surface area contributed by atoms with Crippen molar-refractivity contribution in [2.45, 2.75) is 18.8 Å². The van der Waals surface area contributed by atoms with Crippen molar-refractivity contribution in [2.24, 2.45) is 5.92 Å². The molecular weight excluding hydrogens is 292 g/mol. The van der Waals surface area contributed by atoms with Gasteiger partial charge in [-0.15, -0.1) is 0 Å². The van der Waals surface area contributed by atoms with E-state index < -0.39 is 0 Å². The van der Waals surface area contributed by atoms with Crippen molar-refractivity contribution < 1.29 is 4.63 Å². The Bertz CT molecular complexity index is 987. The molecule has 0 amide bonds. The van der Waals surface area contributed by atoms with E-state index in [2.05, 4.69) is 30.7 Å². The van der Waals surface area contributed by atoms with Crippen LogP contribution in [0.25, 0.3) is 15.9 Å². The van der Waals surface area contributed by atoms with Gasteiger partial charge in [0, 0.05) is 11.3 Å². The number of nitrogens with one attached hydrogen (secondary N) is 2. The molecule has 7 heteroatoms. The molecule has 1 aliphatic heterocycles. The number of H-pyrrole nitrogens is 1. The van der Waals surface area contributed by atoms with Crippen LogP contribution in [-0.4, -0.2) is 20.5 Å². The number of allylic oxidation sites excluding steroid dienone is 2. The molecule has 1 saturated carbocycles. The fourth-order valence-electron chi connectivity index (χ4n) is 3.30. The van der Waals surface area contributed by atoms with Crippen molar-refractivity contribution in [2.75, 3.05) is 5.32 Å². The first-order valence-electron chi connectivity index (χ1n) is 7.50. The first-order chi connectivity index (χ1) is 11.4.